The maximum absolute atomic E-state index is 12.9. The number of hydrogen-bond acceptors (Lipinski definition) is 4. The fraction of sp³-hybridized carbons (Fsp3) is 0.222. The summed E-state index contributed by atoms with van der Waals surface area (Å²) in [5.74, 6) is -1.04. The van der Waals surface area contributed by atoms with Gasteiger partial charge in [-0.3, -0.25) is 5.43 Å². The molecule has 0 heterocycles. The van der Waals surface area contributed by atoms with Crippen molar-refractivity contribution in [3.05, 3.63) is 67.0 Å². The molecule has 0 atom stereocenters. The second kappa shape index (κ2) is 8.19. The van der Waals surface area contributed by atoms with Crippen molar-refractivity contribution in [3.63, 3.8) is 0 Å². The molecule has 0 aliphatic rings. The maximum atomic E-state index is 12.9. The summed E-state index contributed by atoms with van der Waals surface area (Å²) in [7, 11) is -4.31. The second-order valence-corrected chi connectivity index (χ2v) is 8.03. The first-order valence-electron chi connectivity index (χ1n) is 8.21. The molecule has 0 aliphatic carbocycles. The Morgan fingerprint density at radius 3 is 1.77 bits per heavy atom. The Labute approximate surface area is 168 Å². The van der Waals surface area contributed by atoms with Gasteiger partial charge in [0.1, 0.15) is 5.82 Å². The van der Waals surface area contributed by atoms with Crippen molar-refractivity contribution in [1.29, 1.82) is 0 Å². The molecule has 2 rings (SSSR count). The van der Waals surface area contributed by atoms with Gasteiger partial charge in [-0.2, -0.15) is 26.3 Å². The summed E-state index contributed by atoms with van der Waals surface area (Å²) in [6, 6.07) is 14.5. The Balaban J connectivity index is 2.10. The van der Waals surface area contributed by atoms with E-state index in [0.29, 0.717) is 5.56 Å². The molecule has 0 fully saturated rings. The third kappa shape index (κ3) is 5.05. The zero-order chi connectivity index (χ0) is 22.8. The summed E-state index contributed by atoms with van der Waals surface area (Å²) in [5, 5.41) is 1.15. The van der Waals surface area contributed by atoms with Gasteiger partial charge in [0.05, 0.1) is 4.90 Å². The van der Waals surface area contributed by atoms with Crippen LogP contribution < -0.4 is 15.6 Å². The van der Waals surface area contributed by atoms with Gasteiger partial charge in [0.2, 0.25) is 5.54 Å². The molecule has 3 N–H and O–H groups in total. The molecule has 0 amide bonds. The lowest BCUT2D eigenvalue weighted by Crippen LogP contribution is -2.65. The minimum Gasteiger partial charge on any atom is -0.350 e. The molecular formula is C18H17F6N3O2S. The van der Waals surface area contributed by atoms with E-state index in [1.165, 1.54) is 24.3 Å². The molecule has 2 aromatic carbocycles. The van der Waals surface area contributed by atoms with Gasteiger partial charge >= 0.3 is 12.4 Å². The van der Waals surface area contributed by atoms with Crippen molar-refractivity contribution in [2.45, 2.75) is 29.7 Å². The predicted molar refractivity (Wildman–Crippen MR) is 98.1 cm³/mol. The standard InChI is InChI=1S/C18H17F6N3O2S/c1-12(25-16(2,17(19,20)21)18(22,23)24)26-27-30(28,29)15-10-8-14(9-11-15)13-6-4-3-5-7-13/h3-11,25-27H,1H2,2H3. The lowest BCUT2D eigenvalue weighted by molar-refractivity contribution is -0.299. The van der Waals surface area contributed by atoms with Crippen LogP contribution in [0, 0.1) is 0 Å². The molecule has 0 aliphatic heterocycles. The van der Waals surface area contributed by atoms with Crippen molar-refractivity contribution in [2.24, 2.45) is 0 Å². The molecule has 12 heteroatoms. The van der Waals surface area contributed by atoms with Gasteiger partial charge in [0.25, 0.3) is 10.0 Å². The molecule has 5 nitrogen and oxygen atoms in total. The van der Waals surface area contributed by atoms with E-state index in [0.717, 1.165) is 10.9 Å². The summed E-state index contributed by atoms with van der Waals surface area (Å²) in [6.07, 6.45) is -11.4. The van der Waals surface area contributed by atoms with Gasteiger partial charge in [-0.15, -0.1) is 4.83 Å². The Bertz CT molecular complexity index is 973. The molecule has 0 bridgehead atoms. The van der Waals surface area contributed by atoms with E-state index >= 15 is 0 Å². The van der Waals surface area contributed by atoms with Crippen LogP contribution in [0.2, 0.25) is 0 Å². The van der Waals surface area contributed by atoms with E-state index in [2.05, 4.69) is 6.58 Å². The Kier molecular flexibility index (Phi) is 6.43. The Morgan fingerprint density at radius 1 is 0.833 bits per heavy atom. The van der Waals surface area contributed by atoms with E-state index in [-0.39, 0.29) is 11.8 Å². The van der Waals surface area contributed by atoms with Crippen molar-refractivity contribution in [2.75, 3.05) is 0 Å². The fourth-order valence-corrected chi connectivity index (χ4v) is 3.15. The number of alkyl halides is 6. The SMILES string of the molecule is C=C(NNS(=O)(=O)c1ccc(-c2ccccc2)cc1)NC(C)(C(F)(F)F)C(F)(F)F. The second-order valence-electron chi connectivity index (χ2n) is 6.34. The van der Waals surface area contributed by atoms with Crippen LogP contribution in [0.5, 0.6) is 0 Å². The van der Waals surface area contributed by atoms with Crippen molar-refractivity contribution < 1.29 is 34.8 Å². The van der Waals surface area contributed by atoms with Crippen molar-refractivity contribution >= 4 is 10.0 Å². The smallest absolute Gasteiger partial charge is 0.350 e. The number of hydrazine groups is 1. The normalized spacial score (nSPS) is 13.0. The first-order valence-corrected chi connectivity index (χ1v) is 9.69. The maximum Gasteiger partial charge on any atom is 0.420 e. The lowest BCUT2D eigenvalue weighted by Gasteiger charge is -2.36. The third-order valence-corrected chi connectivity index (χ3v) is 5.41. The molecule has 0 aromatic heterocycles. The molecule has 0 saturated carbocycles. The molecule has 0 saturated heterocycles. The number of hydrogen-bond donors (Lipinski definition) is 3. The quantitative estimate of drug-likeness (QED) is 0.437. The fourth-order valence-electron chi connectivity index (χ4n) is 2.28. The highest BCUT2D eigenvalue weighted by atomic mass is 32.2. The Morgan fingerprint density at radius 2 is 1.30 bits per heavy atom. The third-order valence-electron chi connectivity index (χ3n) is 4.14. The van der Waals surface area contributed by atoms with Gasteiger partial charge in [0, 0.05) is 0 Å². The van der Waals surface area contributed by atoms with Crippen LogP contribution in [0.4, 0.5) is 26.3 Å². The molecular weight excluding hydrogens is 436 g/mol. The van der Waals surface area contributed by atoms with E-state index in [1.807, 2.05) is 0 Å². The minimum atomic E-state index is -5.72. The molecule has 30 heavy (non-hydrogen) atoms. The van der Waals surface area contributed by atoms with Crippen LogP contribution >= 0.6 is 0 Å². The molecule has 0 spiro atoms. The molecule has 164 valence electrons. The van der Waals surface area contributed by atoms with Gasteiger partial charge < -0.3 is 5.32 Å². The van der Waals surface area contributed by atoms with E-state index in [1.54, 1.807) is 40.6 Å². The minimum absolute atomic E-state index is 0.128. The van der Waals surface area contributed by atoms with Gasteiger partial charge in [0.15, 0.2) is 0 Å². The number of rotatable bonds is 7. The summed E-state index contributed by atoms with van der Waals surface area (Å²) >= 11 is 0. The average Bonchev–Trinajstić information content (AvgIpc) is 2.65. The summed E-state index contributed by atoms with van der Waals surface area (Å²) in [6.45, 7) is 2.84. The van der Waals surface area contributed by atoms with Crippen LogP contribution in [-0.2, 0) is 10.0 Å². The topological polar surface area (TPSA) is 70.2 Å². The van der Waals surface area contributed by atoms with Gasteiger partial charge in [-0.05, 0) is 30.2 Å². The van der Waals surface area contributed by atoms with E-state index in [4.69, 9.17) is 0 Å². The zero-order valence-electron chi connectivity index (χ0n) is 15.4. The first kappa shape index (κ1) is 23.5. The van der Waals surface area contributed by atoms with Gasteiger partial charge in [-0.1, -0.05) is 49.0 Å². The first-order chi connectivity index (χ1) is 13.7. The number of sulfonamides is 1. The molecule has 0 radical (unpaired) electrons. The van der Waals surface area contributed by atoms with Crippen LogP contribution in [-0.4, -0.2) is 26.3 Å². The highest BCUT2D eigenvalue weighted by Gasteiger charge is 2.68. The summed E-state index contributed by atoms with van der Waals surface area (Å²) in [4.78, 5) is 1.42. The summed E-state index contributed by atoms with van der Waals surface area (Å²) in [5.41, 5.74) is -1.09. The Hall–Kier alpha value is -2.73. The number of benzene rings is 2. The molecule has 2 aromatic rings. The zero-order valence-corrected chi connectivity index (χ0v) is 16.2. The summed E-state index contributed by atoms with van der Waals surface area (Å²) < 4.78 is 102. The van der Waals surface area contributed by atoms with Crippen molar-refractivity contribution in [3.8, 4) is 11.1 Å². The lowest BCUT2D eigenvalue weighted by atomic mass is 10.0. The van der Waals surface area contributed by atoms with Gasteiger partial charge in [-0.25, -0.2) is 8.42 Å². The number of nitrogens with one attached hydrogen (secondary N) is 3. The van der Waals surface area contributed by atoms with Crippen LogP contribution in [0.25, 0.3) is 11.1 Å². The van der Waals surface area contributed by atoms with Crippen LogP contribution in [0.15, 0.2) is 71.9 Å². The predicted octanol–water partition coefficient (Wildman–Crippen LogP) is 4.08. The highest BCUT2D eigenvalue weighted by molar-refractivity contribution is 7.89. The van der Waals surface area contributed by atoms with Crippen molar-refractivity contribution in [1.82, 2.24) is 15.6 Å². The largest absolute Gasteiger partial charge is 0.420 e. The van der Waals surface area contributed by atoms with Crippen LogP contribution in [0.1, 0.15) is 6.92 Å². The molecule has 0 unspecified atom stereocenters. The van der Waals surface area contributed by atoms with E-state index in [9.17, 15) is 34.8 Å². The highest BCUT2D eigenvalue weighted by Crippen LogP contribution is 2.43. The van der Waals surface area contributed by atoms with Crippen LogP contribution in [0.3, 0.4) is 0 Å². The number of halogens is 6. The van der Waals surface area contributed by atoms with E-state index < -0.39 is 33.7 Å². The average molecular weight is 453 g/mol. The monoisotopic (exact) mass is 453 g/mol.